The largest absolute Gasteiger partial charge is 0.345 e. The number of imidazole rings is 1. The van der Waals surface area contributed by atoms with Crippen LogP contribution in [0.3, 0.4) is 0 Å². The number of H-pyrrole nitrogens is 1. The summed E-state index contributed by atoms with van der Waals surface area (Å²) in [5.41, 5.74) is 3.08. The summed E-state index contributed by atoms with van der Waals surface area (Å²) in [4.78, 5) is 14.8. The van der Waals surface area contributed by atoms with E-state index in [0.717, 1.165) is 29.0 Å². The van der Waals surface area contributed by atoms with Crippen LogP contribution in [0.15, 0.2) is 29.5 Å². The topological polar surface area (TPSA) is 56.3 Å². The number of hydrogen-bond donors (Lipinski definition) is 2. The lowest BCUT2D eigenvalue weighted by atomic mass is 9.82. The highest BCUT2D eigenvalue weighted by Gasteiger charge is 2.39. The van der Waals surface area contributed by atoms with Crippen molar-refractivity contribution in [3.63, 3.8) is 0 Å². The summed E-state index contributed by atoms with van der Waals surface area (Å²) in [6, 6.07) is 6.31. The average Bonchev–Trinajstić information content (AvgIpc) is 3.07. The van der Waals surface area contributed by atoms with E-state index in [1.165, 1.54) is 0 Å². The van der Waals surface area contributed by atoms with Gasteiger partial charge in [0.2, 0.25) is 0 Å². The van der Waals surface area contributed by atoms with Crippen molar-refractivity contribution in [3.8, 4) is 0 Å². The third-order valence-corrected chi connectivity index (χ3v) is 5.01. The fourth-order valence-electron chi connectivity index (χ4n) is 4.22. The number of fused-ring (bicyclic) bond motifs is 1. The molecule has 1 aromatic heterocycles. The summed E-state index contributed by atoms with van der Waals surface area (Å²) in [6.07, 6.45) is 2.72. The van der Waals surface area contributed by atoms with Crippen molar-refractivity contribution in [3.05, 3.63) is 24.5 Å². The summed E-state index contributed by atoms with van der Waals surface area (Å²) in [5.74, 6) is 1.33. The number of hydrogen-bond acceptors (Lipinski definition) is 3. The highest BCUT2D eigenvalue weighted by Crippen LogP contribution is 2.32. The van der Waals surface area contributed by atoms with Gasteiger partial charge < -0.3 is 15.2 Å². The Balaban J connectivity index is 1.98. The van der Waals surface area contributed by atoms with Gasteiger partial charge in [-0.25, -0.2) is 4.98 Å². The Hall–Kier alpha value is -1.95. The van der Waals surface area contributed by atoms with E-state index in [0.29, 0.717) is 11.0 Å². The van der Waals surface area contributed by atoms with Gasteiger partial charge in [-0.3, -0.25) is 4.99 Å². The van der Waals surface area contributed by atoms with E-state index in [1.54, 1.807) is 6.33 Å². The number of anilines is 1. The van der Waals surface area contributed by atoms with Crippen molar-refractivity contribution in [1.82, 2.24) is 15.3 Å². The predicted octanol–water partition coefficient (Wildman–Crippen LogP) is 4.90. The maximum absolute atomic E-state index is 5.71. The number of rotatable bonds is 4. The van der Waals surface area contributed by atoms with Crippen LogP contribution in [0, 0.1) is 11.3 Å². The molecule has 2 aromatic rings. The molecule has 1 unspecified atom stereocenters. The Morgan fingerprint density at radius 1 is 1.22 bits per heavy atom. The van der Waals surface area contributed by atoms with Crippen LogP contribution in [-0.2, 0) is 0 Å². The molecule has 1 saturated heterocycles. The Bertz CT molecular complexity index is 872. The van der Waals surface area contributed by atoms with Crippen molar-refractivity contribution in [2.45, 2.75) is 66.5 Å². The SMILES string of the molecule is CC(C)C1C(=NC(C)(C)CC(C)(C)C)NC(=S)N1c1ccc2nc[nH]c2c1. The first-order valence-corrected chi connectivity index (χ1v) is 10.0. The number of aromatic nitrogens is 2. The number of amidine groups is 1. The molecule has 146 valence electrons. The zero-order valence-electron chi connectivity index (χ0n) is 17.4. The van der Waals surface area contributed by atoms with Crippen LogP contribution >= 0.6 is 12.2 Å². The Labute approximate surface area is 167 Å². The molecule has 0 aliphatic carbocycles. The minimum Gasteiger partial charge on any atom is -0.345 e. The summed E-state index contributed by atoms with van der Waals surface area (Å²) in [7, 11) is 0. The molecule has 0 bridgehead atoms. The Morgan fingerprint density at radius 3 is 2.56 bits per heavy atom. The average molecular weight is 386 g/mol. The zero-order chi connectivity index (χ0) is 20.0. The smallest absolute Gasteiger partial charge is 0.179 e. The number of aromatic amines is 1. The van der Waals surface area contributed by atoms with E-state index in [9.17, 15) is 0 Å². The molecule has 2 heterocycles. The molecule has 0 saturated carbocycles. The van der Waals surface area contributed by atoms with Gasteiger partial charge in [-0.1, -0.05) is 34.6 Å². The van der Waals surface area contributed by atoms with E-state index in [-0.39, 0.29) is 17.0 Å². The maximum Gasteiger partial charge on any atom is 0.179 e. The van der Waals surface area contributed by atoms with Gasteiger partial charge >= 0.3 is 0 Å². The molecule has 1 atom stereocenters. The van der Waals surface area contributed by atoms with Crippen LogP contribution in [0.2, 0.25) is 0 Å². The van der Waals surface area contributed by atoms with Gasteiger partial charge in [-0.05, 0) is 62.0 Å². The van der Waals surface area contributed by atoms with Crippen molar-refractivity contribution >= 4 is 39.9 Å². The van der Waals surface area contributed by atoms with Crippen LogP contribution in [0.4, 0.5) is 5.69 Å². The minimum atomic E-state index is -0.160. The molecule has 3 rings (SSSR count). The maximum atomic E-state index is 5.71. The molecule has 1 aromatic carbocycles. The zero-order valence-corrected chi connectivity index (χ0v) is 18.2. The lowest BCUT2D eigenvalue weighted by Crippen LogP contribution is -2.40. The van der Waals surface area contributed by atoms with Crippen LogP contribution in [-0.4, -0.2) is 32.5 Å². The van der Waals surface area contributed by atoms with Crippen molar-refractivity contribution in [1.29, 1.82) is 0 Å². The second-order valence-corrected chi connectivity index (χ2v) is 10.0. The molecule has 1 fully saturated rings. The van der Waals surface area contributed by atoms with Gasteiger partial charge in [-0.15, -0.1) is 0 Å². The van der Waals surface area contributed by atoms with Gasteiger partial charge in [0, 0.05) is 5.69 Å². The normalized spacial score (nSPS) is 20.1. The first-order chi connectivity index (χ1) is 12.5. The Kier molecular flexibility index (Phi) is 5.06. The lowest BCUT2D eigenvalue weighted by Gasteiger charge is -2.31. The van der Waals surface area contributed by atoms with Gasteiger partial charge in [0.1, 0.15) is 5.84 Å². The molecule has 6 heteroatoms. The summed E-state index contributed by atoms with van der Waals surface area (Å²) in [6.45, 7) is 15.6. The molecule has 1 aliphatic rings. The predicted molar refractivity (Wildman–Crippen MR) is 119 cm³/mol. The standard InChI is InChI=1S/C21H31N5S/c1-13(2)17-18(25-21(6,7)11-20(3,4)5)24-19(27)26(17)14-8-9-15-16(10-14)23-12-22-15/h8-10,12-13,17H,11H2,1-7H3,(H,22,23)(H,24,25,27). The molecule has 0 radical (unpaired) electrons. The molecule has 0 amide bonds. The number of benzene rings is 1. The fourth-order valence-corrected chi connectivity index (χ4v) is 4.54. The number of aliphatic imine (C=N–C) groups is 1. The van der Waals surface area contributed by atoms with Crippen LogP contribution in [0.5, 0.6) is 0 Å². The highest BCUT2D eigenvalue weighted by atomic mass is 32.1. The van der Waals surface area contributed by atoms with E-state index in [2.05, 4.69) is 80.8 Å². The van der Waals surface area contributed by atoms with Gasteiger partial charge in [0.25, 0.3) is 0 Å². The molecular formula is C21H31N5S. The van der Waals surface area contributed by atoms with E-state index >= 15 is 0 Å². The number of nitrogens with zero attached hydrogens (tertiary/aromatic N) is 3. The molecular weight excluding hydrogens is 354 g/mol. The quantitative estimate of drug-likeness (QED) is 0.735. The molecule has 5 nitrogen and oxygen atoms in total. The number of thiocarbonyl (C=S) groups is 1. The third kappa shape index (κ3) is 4.32. The highest BCUT2D eigenvalue weighted by molar-refractivity contribution is 7.80. The second kappa shape index (κ2) is 6.89. The molecule has 2 N–H and O–H groups in total. The van der Waals surface area contributed by atoms with Crippen molar-refractivity contribution < 1.29 is 0 Å². The summed E-state index contributed by atoms with van der Waals surface area (Å²) in [5, 5.41) is 4.11. The van der Waals surface area contributed by atoms with E-state index in [4.69, 9.17) is 17.2 Å². The number of nitrogens with one attached hydrogen (secondary N) is 2. The Morgan fingerprint density at radius 2 is 1.93 bits per heavy atom. The van der Waals surface area contributed by atoms with Crippen LogP contribution in [0.1, 0.15) is 54.9 Å². The molecule has 1 aliphatic heterocycles. The molecule has 0 spiro atoms. The fraction of sp³-hybridized carbons (Fsp3) is 0.571. The van der Waals surface area contributed by atoms with E-state index in [1.807, 2.05) is 6.07 Å². The van der Waals surface area contributed by atoms with Crippen molar-refractivity contribution in [2.24, 2.45) is 16.3 Å². The van der Waals surface area contributed by atoms with Gasteiger partial charge in [0.05, 0.1) is 28.9 Å². The van der Waals surface area contributed by atoms with Gasteiger partial charge in [-0.2, -0.15) is 0 Å². The minimum absolute atomic E-state index is 0.0946. The monoisotopic (exact) mass is 385 g/mol. The third-order valence-electron chi connectivity index (χ3n) is 4.71. The van der Waals surface area contributed by atoms with E-state index < -0.39 is 0 Å². The van der Waals surface area contributed by atoms with Gasteiger partial charge in [0.15, 0.2) is 5.11 Å². The van der Waals surface area contributed by atoms with Crippen LogP contribution in [0.25, 0.3) is 11.0 Å². The van der Waals surface area contributed by atoms with Crippen molar-refractivity contribution in [2.75, 3.05) is 4.90 Å². The first kappa shape index (κ1) is 19.8. The molecule has 27 heavy (non-hydrogen) atoms. The van der Waals surface area contributed by atoms with Crippen LogP contribution < -0.4 is 10.2 Å². The first-order valence-electron chi connectivity index (χ1n) is 9.60. The lowest BCUT2D eigenvalue weighted by molar-refractivity contribution is 0.287. The summed E-state index contributed by atoms with van der Waals surface area (Å²) >= 11 is 5.71. The summed E-state index contributed by atoms with van der Waals surface area (Å²) < 4.78 is 0. The second-order valence-electron chi connectivity index (χ2n) is 9.64.